The van der Waals surface area contributed by atoms with E-state index in [4.69, 9.17) is 0 Å². The third kappa shape index (κ3) is 3.50. The molecule has 0 aliphatic heterocycles. The van der Waals surface area contributed by atoms with E-state index in [-0.39, 0.29) is 5.91 Å². The lowest BCUT2D eigenvalue weighted by atomic mass is 10.1. The van der Waals surface area contributed by atoms with Crippen LogP contribution in [0.1, 0.15) is 15.4 Å². The smallest absolute Gasteiger partial charge is 0.256 e. The van der Waals surface area contributed by atoms with E-state index in [0.29, 0.717) is 5.56 Å². The number of aromatic nitrogens is 1. The molecule has 21 heavy (non-hydrogen) atoms. The number of carbonyl (C=O) groups excluding carboxylic acids is 1. The summed E-state index contributed by atoms with van der Waals surface area (Å²) in [6, 6.07) is 9.64. The van der Waals surface area contributed by atoms with Gasteiger partial charge in [0.05, 0.1) is 19.1 Å². The molecule has 0 bridgehead atoms. The third-order valence-electron chi connectivity index (χ3n) is 2.86. The molecule has 0 saturated carbocycles. The lowest BCUT2D eigenvalue weighted by Crippen LogP contribution is -2.10. The zero-order valence-corrected chi connectivity index (χ0v) is 14.9. The quantitative estimate of drug-likeness (QED) is 0.597. The Labute approximate surface area is 144 Å². The molecule has 2 heterocycles. The van der Waals surface area contributed by atoms with Gasteiger partial charge in [-0.05, 0) is 47.7 Å². The number of thiazole rings is 1. The minimum Gasteiger partial charge on any atom is -0.322 e. The van der Waals surface area contributed by atoms with E-state index < -0.39 is 0 Å². The van der Waals surface area contributed by atoms with Gasteiger partial charge in [-0.2, -0.15) is 0 Å². The molecular weight excluding hydrogens is 415 g/mol. The molecule has 1 N–H and O–H groups in total. The second-order valence-electron chi connectivity index (χ2n) is 4.43. The van der Waals surface area contributed by atoms with Crippen LogP contribution in [0.2, 0.25) is 0 Å². The van der Waals surface area contributed by atoms with E-state index in [1.807, 2.05) is 48.0 Å². The molecule has 3 aromatic rings. The molecule has 0 saturated heterocycles. The average molecular weight is 426 g/mol. The number of aryl methyl sites for hydroxylation is 1. The van der Waals surface area contributed by atoms with Crippen LogP contribution in [0.15, 0.2) is 41.1 Å². The van der Waals surface area contributed by atoms with Gasteiger partial charge in [-0.25, -0.2) is 4.98 Å². The Morgan fingerprint density at radius 2 is 2.10 bits per heavy atom. The number of nitrogens with zero attached hydrogens (tertiary/aromatic N) is 1. The molecule has 3 rings (SSSR count). The van der Waals surface area contributed by atoms with Crippen molar-refractivity contribution in [2.45, 2.75) is 6.92 Å². The topological polar surface area (TPSA) is 42.0 Å². The minimum absolute atomic E-state index is 0.0826. The third-order valence-corrected chi connectivity index (χ3v) is 5.43. The summed E-state index contributed by atoms with van der Waals surface area (Å²) >= 11 is 5.40. The Hall–Kier alpha value is -1.25. The van der Waals surface area contributed by atoms with E-state index in [2.05, 4.69) is 32.9 Å². The number of hydrogen-bond acceptors (Lipinski definition) is 4. The lowest BCUT2D eigenvalue weighted by molar-refractivity contribution is 0.102. The monoisotopic (exact) mass is 426 g/mol. The van der Waals surface area contributed by atoms with Crippen LogP contribution in [0.5, 0.6) is 0 Å². The summed E-state index contributed by atoms with van der Waals surface area (Å²) in [5.74, 6) is -0.0826. The fourth-order valence-corrected chi connectivity index (χ4v) is 3.83. The number of amides is 1. The number of benzene rings is 1. The van der Waals surface area contributed by atoms with Gasteiger partial charge >= 0.3 is 0 Å². The van der Waals surface area contributed by atoms with Crippen molar-refractivity contribution in [3.8, 4) is 11.3 Å². The van der Waals surface area contributed by atoms with E-state index in [1.54, 1.807) is 22.7 Å². The fourth-order valence-electron chi connectivity index (χ4n) is 1.88. The van der Waals surface area contributed by atoms with E-state index in [0.717, 1.165) is 24.8 Å². The maximum Gasteiger partial charge on any atom is 0.256 e. The first-order valence-electron chi connectivity index (χ1n) is 6.20. The van der Waals surface area contributed by atoms with Gasteiger partial charge in [-0.1, -0.05) is 12.1 Å². The van der Waals surface area contributed by atoms with E-state index in [9.17, 15) is 4.79 Å². The van der Waals surface area contributed by atoms with Crippen molar-refractivity contribution in [1.29, 1.82) is 0 Å². The highest BCUT2D eigenvalue weighted by Crippen LogP contribution is 2.25. The maximum absolute atomic E-state index is 12.2. The van der Waals surface area contributed by atoms with Gasteiger partial charge in [0.25, 0.3) is 5.91 Å². The van der Waals surface area contributed by atoms with Crippen LogP contribution in [0.4, 0.5) is 5.69 Å². The lowest BCUT2D eigenvalue weighted by Gasteiger charge is -2.05. The summed E-state index contributed by atoms with van der Waals surface area (Å²) in [6.45, 7) is 1.98. The molecule has 0 spiro atoms. The van der Waals surface area contributed by atoms with Crippen molar-refractivity contribution in [3.63, 3.8) is 0 Å². The summed E-state index contributed by atoms with van der Waals surface area (Å²) in [5, 5.41) is 7.85. The van der Waals surface area contributed by atoms with Crippen molar-refractivity contribution in [2.75, 3.05) is 5.32 Å². The molecule has 3 nitrogen and oxygen atoms in total. The summed E-state index contributed by atoms with van der Waals surface area (Å²) in [5.41, 5.74) is 3.43. The highest BCUT2D eigenvalue weighted by molar-refractivity contribution is 14.1. The van der Waals surface area contributed by atoms with Gasteiger partial charge in [0.2, 0.25) is 0 Å². The van der Waals surface area contributed by atoms with Crippen LogP contribution in [0, 0.1) is 9.81 Å². The van der Waals surface area contributed by atoms with Crippen LogP contribution in [0.25, 0.3) is 11.3 Å². The number of thiophene rings is 1. The molecule has 106 valence electrons. The van der Waals surface area contributed by atoms with Crippen LogP contribution in [0.3, 0.4) is 0 Å². The summed E-state index contributed by atoms with van der Waals surface area (Å²) in [6.07, 6.45) is 0. The first kappa shape index (κ1) is 14.7. The number of nitrogens with one attached hydrogen (secondary N) is 1. The van der Waals surface area contributed by atoms with Crippen molar-refractivity contribution in [3.05, 3.63) is 54.5 Å². The molecule has 0 radical (unpaired) electrons. The van der Waals surface area contributed by atoms with Gasteiger partial charge in [0.1, 0.15) is 0 Å². The molecule has 1 aromatic carbocycles. The van der Waals surface area contributed by atoms with Gasteiger partial charge in [-0.15, -0.1) is 22.7 Å². The second-order valence-corrected chi connectivity index (χ2v) is 8.29. The van der Waals surface area contributed by atoms with E-state index in [1.165, 1.54) is 0 Å². The Balaban J connectivity index is 1.82. The van der Waals surface area contributed by atoms with Crippen molar-refractivity contribution in [1.82, 2.24) is 4.98 Å². The summed E-state index contributed by atoms with van der Waals surface area (Å²) in [7, 11) is 0. The largest absolute Gasteiger partial charge is 0.322 e. The SMILES string of the molecule is Cc1nc(-c2cccc(NC(=O)c3csc(I)c3)c2)cs1. The molecule has 1 amide bonds. The van der Waals surface area contributed by atoms with Crippen molar-refractivity contribution >= 4 is 56.9 Å². The molecule has 0 unspecified atom stereocenters. The number of anilines is 1. The van der Waals surface area contributed by atoms with Gasteiger partial charge in [0.15, 0.2) is 0 Å². The Morgan fingerprint density at radius 3 is 2.76 bits per heavy atom. The Morgan fingerprint density at radius 1 is 1.24 bits per heavy atom. The summed E-state index contributed by atoms with van der Waals surface area (Å²) in [4.78, 5) is 16.6. The zero-order chi connectivity index (χ0) is 14.8. The van der Waals surface area contributed by atoms with Crippen molar-refractivity contribution < 1.29 is 4.79 Å². The highest BCUT2D eigenvalue weighted by Gasteiger charge is 2.09. The molecule has 0 fully saturated rings. The second kappa shape index (κ2) is 6.25. The first-order chi connectivity index (χ1) is 10.1. The zero-order valence-electron chi connectivity index (χ0n) is 11.1. The van der Waals surface area contributed by atoms with Crippen LogP contribution in [-0.2, 0) is 0 Å². The number of halogens is 1. The first-order valence-corrected chi connectivity index (χ1v) is 9.03. The molecule has 6 heteroatoms. The summed E-state index contributed by atoms with van der Waals surface area (Å²) < 4.78 is 1.10. The molecule has 0 atom stereocenters. The number of hydrogen-bond donors (Lipinski definition) is 1. The predicted octanol–water partition coefficient (Wildman–Crippen LogP) is 5.04. The van der Waals surface area contributed by atoms with Gasteiger partial charge < -0.3 is 5.32 Å². The fraction of sp³-hybridized carbons (Fsp3) is 0.0667. The van der Waals surface area contributed by atoms with Crippen LogP contribution in [-0.4, -0.2) is 10.9 Å². The highest BCUT2D eigenvalue weighted by atomic mass is 127. The minimum atomic E-state index is -0.0826. The Bertz CT molecular complexity index is 794. The molecule has 0 aliphatic rings. The normalized spacial score (nSPS) is 10.6. The molecule has 0 aliphatic carbocycles. The average Bonchev–Trinajstić information content (AvgIpc) is 3.08. The molecular formula is C15H11IN2OS2. The molecule has 2 aromatic heterocycles. The predicted molar refractivity (Wildman–Crippen MR) is 97.3 cm³/mol. The van der Waals surface area contributed by atoms with Gasteiger partial charge in [0, 0.05) is 22.0 Å². The van der Waals surface area contributed by atoms with Crippen LogP contribution < -0.4 is 5.32 Å². The van der Waals surface area contributed by atoms with Crippen molar-refractivity contribution in [2.24, 2.45) is 0 Å². The standard InChI is InChI=1S/C15H11IN2OS2/c1-9-17-13(8-20-9)10-3-2-4-12(5-10)18-15(19)11-6-14(16)21-7-11/h2-8H,1H3,(H,18,19). The maximum atomic E-state index is 12.2. The Kier molecular flexibility index (Phi) is 4.37. The number of carbonyl (C=O) groups is 1. The van der Waals surface area contributed by atoms with Crippen LogP contribution >= 0.6 is 45.3 Å². The number of rotatable bonds is 3. The van der Waals surface area contributed by atoms with Gasteiger partial charge in [-0.3, -0.25) is 4.79 Å². The van der Waals surface area contributed by atoms with E-state index >= 15 is 0 Å².